The molecule has 0 bridgehead atoms. The molecule has 0 aromatic heterocycles. The van der Waals surface area contributed by atoms with E-state index in [4.69, 9.17) is 0 Å². The Morgan fingerprint density at radius 3 is 0.474 bits per heavy atom. The van der Waals surface area contributed by atoms with Gasteiger partial charge >= 0.3 is 0 Å². The summed E-state index contributed by atoms with van der Waals surface area (Å²) in [6.45, 7) is 0. The van der Waals surface area contributed by atoms with Gasteiger partial charge in [0.1, 0.15) is 29.1 Å². The molecular formula is C12HBr25O. The lowest BCUT2D eigenvalue weighted by Gasteiger charge is -2.60. The van der Waals surface area contributed by atoms with Gasteiger partial charge in [0.05, 0.1) is 0 Å². The Kier molecular flexibility index (Phi) is 21.0. The van der Waals surface area contributed by atoms with Crippen LogP contribution in [0.1, 0.15) is 0 Å². The van der Waals surface area contributed by atoms with Gasteiger partial charge in [-0.05, 0) is 31.9 Å². The lowest BCUT2D eigenvalue weighted by molar-refractivity contribution is 0.228. The van der Waals surface area contributed by atoms with Crippen LogP contribution >= 0.6 is 398 Å². The monoisotopic (exact) mass is 2130 g/mol. The fraction of sp³-hybridized carbons (Fsp3) is 1.00. The summed E-state index contributed by atoms with van der Waals surface area (Å²) >= 11 is 93.3. The van der Waals surface area contributed by atoms with Crippen molar-refractivity contribution < 1.29 is 5.11 Å². The molecule has 0 heterocycles. The molecule has 0 saturated heterocycles. The van der Waals surface area contributed by atoms with Gasteiger partial charge in [-0.25, -0.2) is 0 Å². The first kappa shape index (κ1) is 50.0. The second kappa shape index (κ2) is 16.0. The molecule has 1 N–H and O–H groups in total. The molecule has 0 spiro atoms. The maximum absolute atomic E-state index is 10.8. The first-order valence-electron chi connectivity index (χ1n) is 7.70. The van der Waals surface area contributed by atoms with Crippen LogP contribution in [0.15, 0.2) is 0 Å². The molecule has 0 atom stereocenters. The van der Waals surface area contributed by atoms with E-state index in [9.17, 15) is 5.11 Å². The topological polar surface area (TPSA) is 20.2 Å². The molecule has 38 heavy (non-hydrogen) atoms. The van der Waals surface area contributed by atoms with Gasteiger partial charge in [-0.2, -0.15) is 0 Å². The zero-order valence-corrected chi connectivity index (χ0v) is 55.5. The van der Waals surface area contributed by atoms with Gasteiger partial charge in [0, 0.05) is 0 Å². The highest BCUT2D eigenvalue weighted by molar-refractivity contribution is 9.42. The van der Waals surface area contributed by atoms with Crippen LogP contribution in [0, 0.1) is 0 Å². The van der Waals surface area contributed by atoms with Crippen LogP contribution in [-0.2, 0) is 0 Å². The molecule has 0 aromatic carbocycles. The maximum Gasteiger partial charge on any atom is 0.202 e. The molecule has 26 heteroatoms. The lowest BCUT2D eigenvalue weighted by Crippen LogP contribution is -2.72. The standard InChI is InChI=1S/C12HBr25O/c13-1(14,3(17,18)5(21,22)7(25,26)9(29,30)11(33,34)35)2(15,16)4(19,20)6(23,24)8(27,28)10(31,32)12(36,37)38/h38H. The Bertz CT molecular complexity index is 798. The zero-order valence-electron chi connectivity index (χ0n) is 15.9. The molecule has 0 rings (SSSR count). The largest absolute Gasteiger partial charge is 0.368 e. The van der Waals surface area contributed by atoms with E-state index in [1.165, 1.54) is 0 Å². The first-order chi connectivity index (χ1) is 15.8. The van der Waals surface area contributed by atoms with Crippen molar-refractivity contribution >= 4 is 398 Å². The number of aliphatic hydroxyl groups is 1. The predicted molar refractivity (Wildman–Crippen MR) is 258 cm³/mol. The number of alkyl halides is 25. The Morgan fingerprint density at radius 2 is 0.342 bits per heavy atom. The summed E-state index contributed by atoms with van der Waals surface area (Å²) in [5.74, 6) is 0. The third-order valence-electron chi connectivity index (χ3n) is 4.28. The molecule has 0 aliphatic carbocycles. The Morgan fingerprint density at radius 1 is 0.211 bits per heavy atom. The van der Waals surface area contributed by atoms with Crippen molar-refractivity contribution in [3.05, 3.63) is 0 Å². The van der Waals surface area contributed by atoms with E-state index in [0.717, 1.165) is 0 Å². The van der Waals surface area contributed by atoms with Crippen LogP contribution in [-0.4, -0.2) is 43.0 Å². The van der Waals surface area contributed by atoms with Crippen LogP contribution in [0.2, 0.25) is 0 Å². The quantitative estimate of drug-likeness (QED) is 0.216. The third-order valence-corrected chi connectivity index (χ3v) is 55.5. The minimum atomic E-state index is -1.66. The van der Waals surface area contributed by atoms with E-state index < -0.39 is 37.9 Å². The van der Waals surface area contributed by atoms with Crippen LogP contribution in [0.5, 0.6) is 0 Å². The van der Waals surface area contributed by atoms with E-state index in [1.807, 2.05) is 0 Å². The van der Waals surface area contributed by atoms with Crippen molar-refractivity contribution in [1.29, 1.82) is 0 Å². The average molecular weight is 2160 g/mol. The molecule has 0 aromatic rings. The van der Waals surface area contributed by atoms with E-state index in [1.54, 1.807) is 0 Å². The van der Waals surface area contributed by atoms with Crippen molar-refractivity contribution in [2.75, 3.05) is 0 Å². The molecule has 0 amide bonds. The Hall–Kier alpha value is 12.0. The van der Waals surface area contributed by atoms with Crippen molar-refractivity contribution in [3.8, 4) is 0 Å². The number of halogens is 25. The number of hydrogen-bond acceptors (Lipinski definition) is 1. The summed E-state index contributed by atoms with van der Waals surface area (Å²) in [4.78, 5) is 0. The summed E-state index contributed by atoms with van der Waals surface area (Å²) < 4.78 is -14.4. The van der Waals surface area contributed by atoms with Gasteiger partial charge in [0.2, 0.25) is 3.42 Å². The molecule has 0 unspecified atom stereocenters. The predicted octanol–water partition coefficient (Wildman–Crippen LogP) is 18.1. The fourth-order valence-electron chi connectivity index (χ4n) is 1.94. The van der Waals surface area contributed by atoms with Crippen LogP contribution in [0.25, 0.3) is 0 Å². The van der Waals surface area contributed by atoms with Crippen LogP contribution < -0.4 is 0 Å². The SMILES string of the molecule is OC(Br)(Br)C(Br)(Br)C(Br)(Br)C(Br)(Br)C(Br)(Br)C(Br)(Br)C(Br)(Br)C(Br)(Br)C(Br)(Br)C(Br)(Br)C(Br)(Br)C(Br)(Br)Br. The molecular weight excluding hydrogens is 2160 g/mol. The maximum atomic E-state index is 10.8. The second-order valence-electron chi connectivity index (χ2n) is 6.78. The molecule has 0 fully saturated rings. The average Bonchev–Trinajstić information content (AvgIpc) is 2.64. The molecule has 0 aliphatic heterocycles. The summed E-state index contributed by atoms with van der Waals surface area (Å²) in [5, 5.41) is 10.8. The van der Waals surface area contributed by atoms with Crippen molar-refractivity contribution in [2.24, 2.45) is 0 Å². The Balaban J connectivity index is 7.29. The fourth-order valence-corrected chi connectivity index (χ4v) is 25.3. The molecule has 1 nitrogen and oxygen atoms in total. The van der Waals surface area contributed by atoms with Gasteiger partial charge < -0.3 is 5.11 Å². The van der Waals surface area contributed by atoms with Gasteiger partial charge in [0.25, 0.3) is 0 Å². The number of rotatable bonds is 10. The molecule has 230 valence electrons. The van der Waals surface area contributed by atoms with Crippen LogP contribution in [0.4, 0.5) is 0 Å². The van der Waals surface area contributed by atoms with Gasteiger partial charge in [0.15, 0.2) is 5.38 Å². The highest BCUT2D eigenvalue weighted by Crippen LogP contribution is 2.81. The molecule has 0 radical (unpaired) electrons. The third kappa shape index (κ3) is 8.59. The zero-order chi connectivity index (χ0) is 32.0. The lowest BCUT2D eigenvalue weighted by atomic mass is 10.0. The summed E-state index contributed by atoms with van der Waals surface area (Å²) in [7, 11) is 0. The van der Waals surface area contributed by atoms with E-state index in [-0.39, 0.29) is 0 Å². The van der Waals surface area contributed by atoms with E-state index >= 15 is 0 Å². The van der Waals surface area contributed by atoms with E-state index in [0.29, 0.717) is 0 Å². The summed E-state index contributed by atoms with van der Waals surface area (Å²) in [6.07, 6.45) is 0. The van der Waals surface area contributed by atoms with Gasteiger partial charge in [-0.1, -0.05) is 366 Å². The van der Waals surface area contributed by atoms with Gasteiger partial charge in [-0.3, -0.25) is 0 Å². The van der Waals surface area contributed by atoms with Crippen molar-refractivity contribution in [2.45, 2.75) is 37.9 Å². The second-order valence-corrected chi connectivity index (χ2v) is 51.3. The number of hydrogen-bond donors (Lipinski definition) is 1. The van der Waals surface area contributed by atoms with Crippen LogP contribution in [0.3, 0.4) is 0 Å². The minimum absolute atomic E-state index is 0.866. The van der Waals surface area contributed by atoms with Crippen molar-refractivity contribution in [3.63, 3.8) is 0 Å². The van der Waals surface area contributed by atoms with E-state index in [2.05, 4.69) is 398 Å². The minimum Gasteiger partial charge on any atom is -0.368 e. The Labute approximate surface area is 430 Å². The molecule has 0 saturated carbocycles. The van der Waals surface area contributed by atoms with Crippen molar-refractivity contribution in [1.82, 2.24) is 0 Å². The first-order valence-corrected chi connectivity index (χ1v) is 27.5. The normalized spacial score (nSPS) is 17.2. The highest BCUT2D eigenvalue weighted by Gasteiger charge is 2.81. The summed E-state index contributed by atoms with van der Waals surface area (Å²) in [6, 6.07) is 0. The molecule has 0 aliphatic rings. The van der Waals surface area contributed by atoms with Gasteiger partial charge in [-0.15, -0.1) is 0 Å². The smallest absolute Gasteiger partial charge is 0.202 e. The summed E-state index contributed by atoms with van der Waals surface area (Å²) in [5.41, 5.74) is 0. The highest BCUT2D eigenvalue weighted by atomic mass is 80.0.